The first-order valence-corrected chi connectivity index (χ1v) is 8.21. The molecule has 134 valence electrons. The summed E-state index contributed by atoms with van der Waals surface area (Å²) in [5.74, 6) is 1.67. The van der Waals surface area contributed by atoms with E-state index in [9.17, 15) is 4.79 Å². The second-order valence-corrected chi connectivity index (χ2v) is 5.45. The zero-order chi connectivity index (χ0) is 18.1. The van der Waals surface area contributed by atoms with Crippen LogP contribution >= 0.6 is 0 Å². The van der Waals surface area contributed by atoms with Crippen molar-refractivity contribution in [2.24, 2.45) is 0 Å². The molecule has 0 bridgehead atoms. The zero-order valence-corrected chi connectivity index (χ0v) is 14.9. The summed E-state index contributed by atoms with van der Waals surface area (Å²) < 4.78 is 16.0. The van der Waals surface area contributed by atoms with Crippen LogP contribution in [0.25, 0.3) is 0 Å². The van der Waals surface area contributed by atoms with Gasteiger partial charge in [-0.3, -0.25) is 4.79 Å². The quantitative estimate of drug-likeness (QED) is 0.727. The van der Waals surface area contributed by atoms with Crippen LogP contribution in [0.5, 0.6) is 17.2 Å². The maximum Gasteiger partial charge on any atom is 0.262 e. The van der Waals surface area contributed by atoms with Crippen LogP contribution in [0, 0.1) is 0 Å². The molecule has 0 radical (unpaired) electrons. The Labute approximate surface area is 148 Å². The van der Waals surface area contributed by atoms with Crippen molar-refractivity contribution in [3.8, 4) is 17.2 Å². The molecule has 2 rings (SSSR count). The molecule has 3 N–H and O–H groups in total. The van der Waals surface area contributed by atoms with Gasteiger partial charge in [-0.25, -0.2) is 0 Å². The molecule has 0 heterocycles. The third-order valence-electron chi connectivity index (χ3n) is 3.63. The predicted molar refractivity (Wildman–Crippen MR) is 96.3 cm³/mol. The first-order valence-electron chi connectivity index (χ1n) is 8.21. The van der Waals surface area contributed by atoms with Crippen molar-refractivity contribution in [1.82, 2.24) is 0 Å². The molecule has 0 aliphatic rings. The second-order valence-electron chi connectivity index (χ2n) is 5.45. The number of hydrogen-bond acceptors (Lipinski definition) is 4. The summed E-state index contributed by atoms with van der Waals surface area (Å²) in [5.41, 5.74) is 1.83. The molecule has 0 atom stereocenters. The number of nitrogens with two attached hydrogens (primary N) is 1. The molecule has 0 aliphatic carbocycles. The van der Waals surface area contributed by atoms with Crippen LogP contribution in [0.3, 0.4) is 0 Å². The van der Waals surface area contributed by atoms with Crippen LogP contribution in [-0.2, 0) is 11.3 Å². The van der Waals surface area contributed by atoms with Crippen LogP contribution in [0.1, 0.15) is 12.5 Å². The molecule has 0 fully saturated rings. The topological polar surface area (TPSA) is 73.4 Å². The molecule has 0 aliphatic heterocycles. The molecule has 0 aromatic heterocycles. The molecule has 6 heteroatoms. The Morgan fingerprint density at radius 1 is 1.04 bits per heavy atom. The second kappa shape index (κ2) is 9.54. The molecular formula is C19H25N2O4+. The fourth-order valence-electron chi connectivity index (χ4n) is 2.28. The minimum absolute atomic E-state index is 0.0944. The summed E-state index contributed by atoms with van der Waals surface area (Å²) in [7, 11) is 3.19. The van der Waals surface area contributed by atoms with E-state index in [2.05, 4.69) is 17.6 Å². The molecule has 25 heavy (non-hydrogen) atoms. The Morgan fingerprint density at radius 2 is 1.80 bits per heavy atom. The number of rotatable bonds is 9. The molecule has 0 saturated carbocycles. The van der Waals surface area contributed by atoms with Gasteiger partial charge in [0.2, 0.25) is 0 Å². The first-order chi connectivity index (χ1) is 12.2. The van der Waals surface area contributed by atoms with Crippen molar-refractivity contribution in [1.29, 1.82) is 0 Å². The van der Waals surface area contributed by atoms with E-state index in [1.165, 1.54) is 0 Å². The molecule has 0 spiro atoms. The average molecular weight is 345 g/mol. The number of amides is 1. The van der Waals surface area contributed by atoms with Crippen LogP contribution < -0.4 is 24.8 Å². The van der Waals surface area contributed by atoms with Crippen molar-refractivity contribution in [2.75, 3.05) is 32.7 Å². The van der Waals surface area contributed by atoms with Gasteiger partial charge in [0.1, 0.15) is 12.3 Å². The number of benzene rings is 2. The lowest BCUT2D eigenvalue weighted by atomic mass is 10.2. The third kappa shape index (κ3) is 5.69. The third-order valence-corrected chi connectivity index (χ3v) is 3.63. The van der Waals surface area contributed by atoms with E-state index >= 15 is 0 Å². The van der Waals surface area contributed by atoms with E-state index in [0.717, 1.165) is 24.4 Å². The van der Waals surface area contributed by atoms with Crippen molar-refractivity contribution in [2.45, 2.75) is 13.5 Å². The van der Waals surface area contributed by atoms with Crippen LogP contribution in [-0.4, -0.2) is 33.3 Å². The minimum Gasteiger partial charge on any atom is -0.497 e. The summed E-state index contributed by atoms with van der Waals surface area (Å²) in [5, 5.41) is 4.97. The fourth-order valence-corrected chi connectivity index (χ4v) is 2.28. The van der Waals surface area contributed by atoms with Crippen molar-refractivity contribution in [3.63, 3.8) is 0 Å². The summed E-state index contributed by atoms with van der Waals surface area (Å²) in [6.07, 6.45) is 0. The number of ether oxygens (including phenoxy) is 3. The first kappa shape index (κ1) is 18.6. The number of nitrogens with one attached hydrogen (secondary N) is 1. The molecule has 6 nitrogen and oxygen atoms in total. The largest absolute Gasteiger partial charge is 0.497 e. The van der Waals surface area contributed by atoms with Gasteiger partial charge in [0, 0.05) is 11.3 Å². The van der Waals surface area contributed by atoms with Gasteiger partial charge in [0.15, 0.2) is 18.1 Å². The van der Waals surface area contributed by atoms with E-state index in [4.69, 9.17) is 14.2 Å². The average Bonchev–Trinajstić information content (AvgIpc) is 2.65. The van der Waals surface area contributed by atoms with Crippen LogP contribution in [0.2, 0.25) is 0 Å². The number of quaternary nitrogens is 1. The SMILES string of the molecule is CC[NH2+]Cc1ccc(OCC(=O)Nc2ccc(OC)cc2)c(OC)c1. The van der Waals surface area contributed by atoms with E-state index in [-0.39, 0.29) is 12.5 Å². The Balaban J connectivity index is 1.91. The van der Waals surface area contributed by atoms with Crippen molar-refractivity contribution >= 4 is 11.6 Å². The summed E-state index contributed by atoms with van der Waals surface area (Å²) >= 11 is 0. The summed E-state index contributed by atoms with van der Waals surface area (Å²) in [6.45, 7) is 3.91. The standard InChI is InChI=1S/C19H24N2O4/c1-4-20-12-14-5-10-17(18(11-14)24-3)25-13-19(22)21-15-6-8-16(23-2)9-7-15/h5-11,20H,4,12-13H2,1-3H3,(H,21,22)/p+1. The Morgan fingerprint density at radius 3 is 2.44 bits per heavy atom. The van der Waals surface area contributed by atoms with Crippen LogP contribution in [0.4, 0.5) is 5.69 Å². The molecule has 2 aromatic rings. The highest BCUT2D eigenvalue weighted by Crippen LogP contribution is 2.27. The van der Waals surface area contributed by atoms with Gasteiger partial charge in [0.25, 0.3) is 5.91 Å². The van der Waals surface area contributed by atoms with E-state index in [1.54, 1.807) is 38.5 Å². The normalized spacial score (nSPS) is 10.2. The van der Waals surface area contributed by atoms with Gasteiger partial charge in [0.05, 0.1) is 20.8 Å². The Hall–Kier alpha value is -2.73. The highest BCUT2D eigenvalue weighted by atomic mass is 16.5. The van der Waals surface area contributed by atoms with Crippen molar-refractivity contribution in [3.05, 3.63) is 48.0 Å². The monoisotopic (exact) mass is 345 g/mol. The van der Waals surface area contributed by atoms with E-state index in [1.807, 2.05) is 18.2 Å². The number of methoxy groups -OCH3 is 2. The van der Waals surface area contributed by atoms with Gasteiger partial charge in [-0.05, 0) is 49.4 Å². The van der Waals surface area contributed by atoms with Gasteiger partial charge < -0.3 is 24.8 Å². The number of anilines is 1. The molecule has 0 unspecified atom stereocenters. The van der Waals surface area contributed by atoms with Crippen LogP contribution in [0.15, 0.2) is 42.5 Å². The minimum atomic E-state index is -0.240. The van der Waals surface area contributed by atoms with E-state index < -0.39 is 0 Å². The lowest BCUT2D eigenvalue weighted by Gasteiger charge is -2.12. The molecule has 0 saturated heterocycles. The summed E-state index contributed by atoms with van der Waals surface area (Å²) in [4.78, 5) is 12.0. The van der Waals surface area contributed by atoms with Gasteiger partial charge in [-0.15, -0.1) is 0 Å². The van der Waals surface area contributed by atoms with Crippen molar-refractivity contribution < 1.29 is 24.3 Å². The van der Waals surface area contributed by atoms with Gasteiger partial charge >= 0.3 is 0 Å². The number of hydrogen-bond donors (Lipinski definition) is 2. The zero-order valence-electron chi connectivity index (χ0n) is 14.9. The Bertz CT molecular complexity index is 686. The highest BCUT2D eigenvalue weighted by molar-refractivity contribution is 5.91. The molecule has 1 amide bonds. The highest BCUT2D eigenvalue weighted by Gasteiger charge is 2.09. The van der Waals surface area contributed by atoms with E-state index in [0.29, 0.717) is 17.2 Å². The molecular weight excluding hydrogens is 320 g/mol. The lowest BCUT2D eigenvalue weighted by Crippen LogP contribution is -2.81. The van der Waals surface area contributed by atoms with Gasteiger partial charge in [-0.2, -0.15) is 0 Å². The number of carbonyl (C=O) groups excluding carboxylic acids is 1. The van der Waals surface area contributed by atoms with Gasteiger partial charge in [-0.1, -0.05) is 0 Å². The lowest BCUT2D eigenvalue weighted by molar-refractivity contribution is -0.667. The fraction of sp³-hybridized carbons (Fsp3) is 0.316. The summed E-state index contributed by atoms with van der Waals surface area (Å²) in [6, 6.07) is 12.9. The molecule has 2 aromatic carbocycles. The maximum atomic E-state index is 12.0. The predicted octanol–water partition coefficient (Wildman–Crippen LogP) is 1.80. The maximum absolute atomic E-state index is 12.0. The number of carbonyl (C=O) groups is 1. The Kier molecular flexibility index (Phi) is 7.10. The smallest absolute Gasteiger partial charge is 0.262 e.